The van der Waals surface area contributed by atoms with Gasteiger partial charge in [0, 0.05) is 19.6 Å². The maximum Gasteiger partial charge on any atom is 0.0753 e. The zero-order valence-electron chi connectivity index (χ0n) is 11.5. The van der Waals surface area contributed by atoms with Crippen molar-refractivity contribution in [2.24, 2.45) is 11.7 Å². The Morgan fingerprint density at radius 2 is 1.81 bits per heavy atom. The molecule has 1 unspecified atom stereocenters. The Balaban J connectivity index is 4.00. The highest BCUT2D eigenvalue weighted by Gasteiger charge is 2.19. The summed E-state index contributed by atoms with van der Waals surface area (Å²) in [6.45, 7) is 12.0. The van der Waals surface area contributed by atoms with Gasteiger partial charge in [0.05, 0.1) is 5.60 Å². The van der Waals surface area contributed by atoms with Gasteiger partial charge >= 0.3 is 0 Å². The van der Waals surface area contributed by atoms with Gasteiger partial charge in [0.2, 0.25) is 0 Å². The Kier molecular flexibility index (Phi) is 7.98. The second kappa shape index (κ2) is 8.04. The molecule has 0 heterocycles. The minimum Gasteiger partial charge on any atom is -0.389 e. The Bertz CT molecular complexity index is 167. The number of hydrogen-bond donors (Lipinski definition) is 2. The summed E-state index contributed by atoms with van der Waals surface area (Å²) in [6.07, 6.45) is 3.23. The molecule has 0 fully saturated rings. The third kappa shape index (κ3) is 6.46. The first-order chi connectivity index (χ1) is 7.49. The summed E-state index contributed by atoms with van der Waals surface area (Å²) in [5.74, 6) is 0.780. The van der Waals surface area contributed by atoms with Gasteiger partial charge in [-0.15, -0.1) is 0 Å². The molecule has 0 rings (SSSR count). The van der Waals surface area contributed by atoms with Crippen LogP contribution in [-0.4, -0.2) is 41.8 Å². The van der Waals surface area contributed by atoms with Crippen molar-refractivity contribution < 1.29 is 5.11 Å². The Hall–Kier alpha value is -0.120. The van der Waals surface area contributed by atoms with Crippen molar-refractivity contribution in [2.45, 2.75) is 52.6 Å². The van der Waals surface area contributed by atoms with Crippen LogP contribution in [0.1, 0.15) is 47.0 Å². The lowest BCUT2D eigenvalue weighted by Crippen LogP contribution is -2.39. The monoisotopic (exact) mass is 230 g/mol. The van der Waals surface area contributed by atoms with Crippen LogP contribution in [0.25, 0.3) is 0 Å². The molecule has 0 bridgehead atoms. The fourth-order valence-corrected chi connectivity index (χ4v) is 1.79. The standard InChI is InChI=1S/C13H30N2O/c1-5-12(6-2)10-15(7-3)9-8-13(4,16)11-14/h12,16H,5-11,14H2,1-4H3. The summed E-state index contributed by atoms with van der Waals surface area (Å²) >= 11 is 0. The number of rotatable bonds is 9. The Morgan fingerprint density at radius 1 is 1.25 bits per heavy atom. The minimum absolute atomic E-state index is 0.343. The average molecular weight is 230 g/mol. The van der Waals surface area contributed by atoms with Gasteiger partial charge in [0.25, 0.3) is 0 Å². The third-order valence-electron chi connectivity index (χ3n) is 3.52. The van der Waals surface area contributed by atoms with E-state index in [2.05, 4.69) is 25.7 Å². The number of nitrogens with two attached hydrogens (primary N) is 1. The molecular formula is C13H30N2O. The van der Waals surface area contributed by atoms with Gasteiger partial charge in [-0.2, -0.15) is 0 Å². The fraction of sp³-hybridized carbons (Fsp3) is 1.00. The molecule has 0 radical (unpaired) electrons. The van der Waals surface area contributed by atoms with Gasteiger partial charge in [-0.3, -0.25) is 0 Å². The van der Waals surface area contributed by atoms with Crippen LogP contribution in [0.5, 0.6) is 0 Å². The molecule has 0 aromatic heterocycles. The molecule has 16 heavy (non-hydrogen) atoms. The van der Waals surface area contributed by atoms with Gasteiger partial charge < -0.3 is 15.7 Å². The van der Waals surface area contributed by atoms with Crippen LogP contribution in [0.15, 0.2) is 0 Å². The summed E-state index contributed by atoms with van der Waals surface area (Å²) in [5.41, 5.74) is 4.81. The number of aliphatic hydroxyl groups is 1. The van der Waals surface area contributed by atoms with Gasteiger partial charge in [-0.05, 0) is 25.8 Å². The zero-order chi connectivity index (χ0) is 12.6. The maximum atomic E-state index is 9.86. The first kappa shape index (κ1) is 15.9. The molecule has 0 aliphatic carbocycles. The van der Waals surface area contributed by atoms with Gasteiger partial charge in [0.15, 0.2) is 0 Å². The van der Waals surface area contributed by atoms with Gasteiger partial charge in [-0.25, -0.2) is 0 Å². The molecule has 3 nitrogen and oxygen atoms in total. The second-order valence-electron chi connectivity index (χ2n) is 5.03. The van der Waals surface area contributed by atoms with Crippen LogP contribution in [-0.2, 0) is 0 Å². The molecule has 0 aromatic carbocycles. The predicted octanol–water partition coefficient (Wildman–Crippen LogP) is 1.84. The summed E-state index contributed by atoms with van der Waals surface area (Å²) < 4.78 is 0. The molecule has 0 aliphatic heterocycles. The molecule has 3 heteroatoms. The SMILES string of the molecule is CCC(CC)CN(CC)CCC(C)(O)CN. The van der Waals surface area contributed by atoms with E-state index >= 15 is 0 Å². The highest BCUT2D eigenvalue weighted by molar-refractivity contribution is 4.75. The van der Waals surface area contributed by atoms with Crippen molar-refractivity contribution in [3.8, 4) is 0 Å². The lowest BCUT2D eigenvalue weighted by atomic mass is 10.0. The fourth-order valence-electron chi connectivity index (χ4n) is 1.79. The minimum atomic E-state index is -0.707. The normalized spacial score (nSPS) is 15.8. The van der Waals surface area contributed by atoms with Crippen LogP contribution >= 0.6 is 0 Å². The molecule has 98 valence electrons. The zero-order valence-corrected chi connectivity index (χ0v) is 11.5. The van der Waals surface area contributed by atoms with Crippen LogP contribution in [0.2, 0.25) is 0 Å². The van der Waals surface area contributed by atoms with E-state index in [4.69, 9.17) is 5.73 Å². The van der Waals surface area contributed by atoms with Crippen LogP contribution in [0.3, 0.4) is 0 Å². The van der Waals surface area contributed by atoms with E-state index in [1.165, 1.54) is 12.8 Å². The quantitative estimate of drug-likeness (QED) is 0.635. The predicted molar refractivity (Wildman–Crippen MR) is 70.5 cm³/mol. The van der Waals surface area contributed by atoms with Gasteiger partial charge in [0.1, 0.15) is 0 Å². The molecule has 0 aliphatic rings. The maximum absolute atomic E-state index is 9.86. The molecule has 0 aromatic rings. The average Bonchev–Trinajstić information content (AvgIpc) is 2.29. The van der Waals surface area contributed by atoms with E-state index in [0.717, 1.165) is 32.0 Å². The molecule has 1 atom stereocenters. The lowest BCUT2D eigenvalue weighted by molar-refractivity contribution is 0.0462. The van der Waals surface area contributed by atoms with E-state index < -0.39 is 5.60 Å². The summed E-state index contributed by atoms with van der Waals surface area (Å²) in [4.78, 5) is 2.42. The van der Waals surface area contributed by atoms with Crippen molar-refractivity contribution >= 4 is 0 Å². The smallest absolute Gasteiger partial charge is 0.0753 e. The topological polar surface area (TPSA) is 49.5 Å². The van der Waals surface area contributed by atoms with Gasteiger partial charge in [-0.1, -0.05) is 33.6 Å². The molecule has 0 saturated heterocycles. The van der Waals surface area contributed by atoms with E-state index in [-0.39, 0.29) is 0 Å². The lowest BCUT2D eigenvalue weighted by Gasteiger charge is -2.29. The molecule has 0 saturated carbocycles. The summed E-state index contributed by atoms with van der Waals surface area (Å²) in [6, 6.07) is 0. The van der Waals surface area contributed by atoms with E-state index in [9.17, 15) is 5.11 Å². The first-order valence-electron chi connectivity index (χ1n) is 6.63. The second-order valence-corrected chi connectivity index (χ2v) is 5.03. The highest BCUT2D eigenvalue weighted by Crippen LogP contribution is 2.13. The summed E-state index contributed by atoms with van der Waals surface area (Å²) in [7, 11) is 0. The number of hydrogen-bond acceptors (Lipinski definition) is 3. The summed E-state index contributed by atoms with van der Waals surface area (Å²) in [5, 5.41) is 9.86. The molecular weight excluding hydrogens is 200 g/mol. The molecule has 3 N–H and O–H groups in total. The van der Waals surface area contributed by atoms with Crippen molar-refractivity contribution in [1.82, 2.24) is 4.90 Å². The first-order valence-corrected chi connectivity index (χ1v) is 6.63. The van der Waals surface area contributed by atoms with E-state index in [1.54, 1.807) is 0 Å². The van der Waals surface area contributed by atoms with Crippen LogP contribution in [0, 0.1) is 5.92 Å². The van der Waals surface area contributed by atoms with Crippen LogP contribution < -0.4 is 5.73 Å². The number of nitrogens with zero attached hydrogens (tertiary/aromatic N) is 1. The molecule has 0 amide bonds. The van der Waals surface area contributed by atoms with Crippen molar-refractivity contribution in [3.05, 3.63) is 0 Å². The van der Waals surface area contributed by atoms with Crippen molar-refractivity contribution in [2.75, 3.05) is 26.2 Å². The Labute approximate surface area is 101 Å². The van der Waals surface area contributed by atoms with Crippen molar-refractivity contribution in [3.63, 3.8) is 0 Å². The molecule has 0 spiro atoms. The van der Waals surface area contributed by atoms with E-state index in [0.29, 0.717) is 6.54 Å². The Morgan fingerprint density at radius 3 is 2.19 bits per heavy atom. The highest BCUT2D eigenvalue weighted by atomic mass is 16.3. The third-order valence-corrected chi connectivity index (χ3v) is 3.52. The van der Waals surface area contributed by atoms with Crippen molar-refractivity contribution in [1.29, 1.82) is 0 Å². The van der Waals surface area contributed by atoms with E-state index in [1.807, 2.05) is 6.92 Å². The van der Waals surface area contributed by atoms with Crippen LogP contribution in [0.4, 0.5) is 0 Å². The largest absolute Gasteiger partial charge is 0.389 e.